The highest BCUT2D eigenvalue weighted by Crippen LogP contribution is 2.12. The van der Waals surface area contributed by atoms with Gasteiger partial charge in [-0.3, -0.25) is 4.79 Å². The van der Waals surface area contributed by atoms with Gasteiger partial charge in [-0.1, -0.05) is 6.07 Å². The summed E-state index contributed by atoms with van der Waals surface area (Å²) in [7, 11) is 0. The van der Waals surface area contributed by atoms with Crippen LogP contribution in [-0.4, -0.2) is 29.8 Å². The Morgan fingerprint density at radius 3 is 2.78 bits per heavy atom. The predicted octanol–water partition coefficient (Wildman–Crippen LogP) is 0.343. The maximum Gasteiger partial charge on any atom is 0.360 e. The number of nitrogens with zero attached hydrogens (tertiary/aromatic N) is 1. The van der Waals surface area contributed by atoms with Gasteiger partial charge < -0.3 is 14.6 Å². The van der Waals surface area contributed by atoms with Crippen molar-refractivity contribution >= 4 is 28.1 Å². The van der Waals surface area contributed by atoms with E-state index in [0.717, 1.165) is 0 Å². The number of fused-ring (bicyclic) bond motifs is 1. The lowest BCUT2D eigenvalue weighted by Crippen LogP contribution is -2.19. The van der Waals surface area contributed by atoms with Crippen molar-refractivity contribution in [2.24, 2.45) is 0 Å². The highest BCUT2D eigenvalue weighted by atomic mass is 32.2. The van der Waals surface area contributed by atoms with Gasteiger partial charge in [0.15, 0.2) is 11.1 Å². The molecule has 7 nitrogen and oxygen atoms in total. The molecule has 18 heavy (non-hydrogen) atoms. The number of aromatic carboxylic acids is 1. The van der Waals surface area contributed by atoms with Crippen molar-refractivity contribution < 1.29 is 18.7 Å². The van der Waals surface area contributed by atoms with Crippen LogP contribution in [0.4, 0.5) is 0 Å². The van der Waals surface area contributed by atoms with Crippen LogP contribution < -0.4 is 5.56 Å². The SMILES string of the molecule is O=C(O)c1nc2ccc(CS(=O)O)cc2[nH]c1=O. The van der Waals surface area contributed by atoms with E-state index in [1.165, 1.54) is 12.1 Å². The van der Waals surface area contributed by atoms with Crippen molar-refractivity contribution in [2.45, 2.75) is 5.75 Å². The summed E-state index contributed by atoms with van der Waals surface area (Å²) in [5, 5.41) is 8.74. The van der Waals surface area contributed by atoms with Crippen molar-refractivity contribution in [3.63, 3.8) is 0 Å². The number of hydrogen-bond acceptors (Lipinski definition) is 4. The molecule has 0 saturated heterocycles. The van der Waals surface area contributed by atoms with Gasteiger partial charge >= 0.3 is 5.97 Å². The average molecular weight is 268 g/mol. The highest BCUT2D eigenvalue weighted by molar-refractivity contribution is 7.78. The summed E-state index contributed by atoms with van der Waals surface area (Å²) >= 11 is -1.98. The maximum atomic E-state index is 11.4. The number of carboxylic acids is 1. The summed E-state index contributed by atoms with van der Waals surface area (Å²) < 4.78 is 19.4. The largest absolute Gasteiger partial charge is 0.476 e. The van der Waals surface area contributed by atoms with E-state index in [1.54, 1.807) is 6.07 Å². The molecule has 0 amide bonds. The number of H-pyrrole nitrogens is 1. The van der Waals surface area contributed by atoms with Crippen LogP contribution in [-0.2, 0) is 16.8 Å². The molecular formula is C10H8N2O5S. The minimum atomic E-state index is -1.98. The Hall–Kier alpha value is -2.06. The lowest BCUT2D eigenvalue weighted by atomic mass is 10.2. The number of carbonyl (C=O) groups is 1. The summed E-state index contributed by atoms with van der Waals surface area (Å²) in [5.41, 5.74) is -0.213. The van der Waals surface area contributed by atoms with Crippen LogP contribution in [0.25, 0.3) is 11.0 Å². The molecule has 0 aliphatic carbocycles. The summed E-state index contributed by atoms with van der Waals surface area (Å²) in [6.45, 7) is 0. The first-order valence-electron chi connectivity index (χ1n) is 4.81. The predicted molar refractivity (Wildman–Crippen MR) is 63.8 cm³/mol. The lowest BCUT2D eigenvalue weighted by molar-refractivity contribution is 0.0689. The Kier molecular flexibility index (Phi) is 3.21. The zero-order chi connectivity index (χ0) is 13.3. The van der Waals surface area contributed by atoms with Crippen molar-refractivity contribution in [1.29, 1.82) is 0 Å². The fourth-order valence-electron chi connectivity index (χ4n) is 1.51. The number of aromatic amines is 1. The van der Waals surface area contributed by atoms with Crippen molar-refractivity contribution in [2.75, 3.05) is 0 Å². The second kappa shape index (κ2) is 4.67. The molecule has 0 saturated carbocycles. The van der Waals surface area contributed by atoms with Crippen molar-refractivity contribution in [3.8, 4) is 0 Å². The molecule has 1 aromatic carbocycles. The van der Waals surface area contributed by atoms with Crippen LogP contribution in [0, 0.1) is 0 Å². The molecule has 0 fully saturated rings. The third kappa shape index (κ3) is 2.44. The highest BCUT2D eigenvalue weighted by Gasteiger charge is 2.12. The van der Waals surface area contributed by atoms with E-state index < -0.39 is 28.3 Å². The molecule has 2 aromatic rings. The molecule has 2 rings (SSSR count). The molecule has 0 aliphatic heterocycles. The van der Waals surface area contributed by atoms with Crippen LogP contribution >= 0.6 is 0 Å². The summed E-state index contributed by atoms with van der Waals surface area (Å²) in [6.07, 6.45) is 0. The van der Waals surface area contributed by atoms with Crippen LogP contribution in [0.15, 0.2) is 23.0 Å². The molecule has 1 aromatic heterocycles. The minimum absolute atomic E-state index is 0.0708. The molecule has 0 aliphatic rings. The second-order valence-corrected chi connectivity index (χ2v) is 4.47. The van der Waals surface area contributed by atoms with Crippen LogP contribution in [0.2, 0.25) is 0 Å². The van der Waals surface area contributed by atoms with E-state index >= 15 is 0 Å². The van der Waals surface area contributed by atoms with E-state index in [0.29, 0.717) is 16.6 Å². The fraction of sp³-hybridized carbons (Fsp3) is 0.100. The molecule has 0 spiro atoms. The molecule has 8 heteroatoms. The average Bonchev–Trinajstić information content (AvgIpc) is 2.26. The van der Waals surface area contributed by atoms with Gasteiger partial charge in [0.1, 0.15) is 0 Å². The Morgan fingerprint density at radius 2 is 2.17 bits per heavy atom. The molecule has 3 N–H and O–H groups in total. The fourth-order valence-corrected chi connectivity index (χ4v) is 1.98. The number of hydrogen-bond donors (Lipinski definition) is 3. The first kappa shape index (κ1) is 12.4. The van der Waals surface area contributed by atoms with E-state index in [9.17, 15) is 13.8 Å². The topological polar surface area (TPSA) is 120 Å². The third-order valence-electron chi connectivity index (χ3n) is 2.25. The van der Waals surface area contributed by atoms with Gasteiger partial charge in [0.2, 0.25) is 5.69 Å². The molecule has 0 bridgehead atoms. The Balaban J connectivity index is 2.59. The molecular weight excluding hydrogens is 260 g/mol. The smallest absolute Gasteiger partial charge is 0.360 e. The van der Waals surface area contributed by atoms with Gasteiger partial charge in [0.05, 0.1) is 16.8 Å². The third-order valence-corrected chi connectivity index (χ3v) is 2.83. The monoisotopic (exact) mass is 268 g/mol. The Labute approximate surface area is 103 Å². The number of aromatic nitrogens is 2. The number of rotatable bonds is 3. The molecule has 1 heterocycles. The van der Waals surface area contributed by atoms with E-state index in [1.807, 2.05) is 0 Å². The first-order chi connectivity index (χ1) is 8.47. The van der Waals surface area contributed by atoms with Gasteiger partial charge in [0.25, 0.3) is 5.56 Å². The van der Waals surface area contributed by atoms with E-state index in [4.69, 9.17) is 9.66 Å². The normalized spacial score (nSPS) is 12.5. The molecule has 94 valence electrons. The maximum absolute atomic E-state index is 11.4. The summed E-state index contributed by atoms with van der Waals surface area (Å²) in [6, 6.07) is 4.52. The zero-order valence-corrected chi connectivity index (χ0v) is 9.73. The molecule has 1 atom stereocenters. The van der Waals surface area contributed by atoms with Crippen LogP contribution in [0.1, 0.15) is 16.1 Å². The second-order valence-electron chi connectivity index (χ2n) is 3.54. The number of benzene rings is 1. The zero-order valence-electron chi connectivity index (χ0n) is 8.91. The van der Waals surface area contributed by atoms with Gasteiger partial charge in [-0.05, 0) is 17.7 Å². The Morgan fingerprint density at radius 1 is 1.44 bits per heavy atom. The van der Waals surface area contributed by atoms with Crippen LogP contribution in [0.3, 0.4) is 0 Å². The van der Waals surface area contributed by atoms with Crippen molar-refractivity contribution in [3.05, 3.63) is 39.8 Å². The van der Waals surface area contributed by atoms with E-state index in [2.05, 4.69) is 9.97 Å². The standard InChI is InChI=1S/C10H8N2O5S/c13-9-8(10(14)15)11-6-2-1-5(4-18(16)17)3-7(6)12-9/h1-3H,4H2,(H,12,13)(H,14,15)(H,16,17). The summed E-state index contributed by atoms with van der Waals surface area (Å²) in [5.74, 6) is -1.47. The Bertz CT molecular complexity index is 709. The van der Waals surface area contributed by atoms with E-state index in [-0.39, 0.29) is 5.75 Å². The summed E-state index contributed by atoms with van der Waals surface area (Å²) in [4.78, 5) is 28.2. The number of nitrogens with one attached hydrogen (secondary N) is 1. The van der Waals surface area contributed by atoms with Gasteiger partial charge in [-0.25, -0.2) is 14.0 Å². The molecule has 1 unspecified atom stereocenters. The van der Waals surface area contributed by atoms with Crippen LogP contribution in [0.5, 0.6) is 0 Å². The lowest BCUT2D eigenvalue weighted by Gasteiger charge is -2.02. The molecule has 0 radical (unpaired) electrons. The number of carboxylic acid groups (broad SMARTS) is 1. The van der Waals surface area contributed by atoms with Gasteiger partial charge in [0, 0.05) is 0 Å². The van der Waals surface area contributed by atoms with Gasteiger partial charge in [-0.15, -0.1) is 0 Å². The first-order valence-corrected chi connectivity index (χ1v) is 6.08. The van der Waals surface area contributed by atoms with Gasteiger partial charge in [-0.2, -0.15) is 0 Å². The minimum Gasteiger partial charge on any atom is -0.476 e. The quantitative estimate of drug-likeness (QED) is 0.690. The van der Waals surface area contributed by atoms with Crippen molar-refractivity contribution in [1.82, 2.24) is 9.97 Å².